The summed E-state index contributed by atoms with van der Waals surface area (Å²) < 4.78 is 13.2. The van der Waals surface area contributed by atoms with Crippen molar-refractivity contribution in [2.45, 2.75) is 32.5 Å². The van der Waals surface area contributed by atoms with Crippen molar-refractivity contribution in [3.05, 3.63) is 112 Å². The van der Waals surface area contributed by atoms with Crippen LogP contribution in [0.1, 0.15) is 40.3 Å². The molecule has 196 valence electrons. The number of hydrogen-bond donors (Lipinski definition) is 1. The summed E-state index contributed by atoms with van der Waals surface area (Å²) in [6.07, 6.45) is 1.82. The number of nitrogens with zero attached hydrogens (tertiary/aromatic N) is 3. The molecule has 0 radical (unpaired) electrons. The molecular formula is C30H31ClN4O2S. The summed E-state index contributed by atoms with van der Waals surface area (Å²) >= 11 is 12.6. The summed E-state index contributed by atoms with van der Waals surface area (Å²) in [7, 11) is 1.64. The van der Waals surface area contributed by atoms with Crippen molar-refractivity contribution >= 4 is 34.6 Å². The monoisotopic (exact) mass is 546 g/mol. The predicted molar refractivity (Wildman–Crippen MR) is 156 cm³/mol. The first-order valence-electron chi connectivity index (χ1n) is 12.6. The predicted octanol–water partition coefficient (Wildman–Crippen LogP) is 6.40. The van der Waals surface area contributed by atoms with Crippen molar-refractivity contribution in [3.8, 4) is 5.75 Å². The molecule has 2 aromatic heterocycles. The minimum absolute atomic E-state index is 0.121. The molecule has 3 heterocycles. The van der Waals surface area contributed by atoms with Crippen LogP contribution < -0.4 is 15.0 Å². The van der Waals surface area contributed by atoms with E-state index in [0.717, 1.165) is 17.9 Å². The summed E-state index contributed by atoms with van der Waals surface area (Å²) in [5.74, 6) is 0.615. The van der Waals surface area contributed by atoms with Crippen LogP contribution in [0.15, 0.2) is 79.0 Å². The zero-order chi connectivity index (χ0) is 26.6. The number of pyridine rings is 1. The smallest absolute Gasteiger partial charge is 0.174 e. The second-order valence-electron chi connectivity index (χ2n) is 9.35. The number of halogens is 1. The summed E-state index contributed by atoms with van der Waals surface area (Å²) in [4.78, 5) is 6.83. The van der Waals surface area contributed by atoms with Gasteiger partial charge in [0.1, 0.15) is 12.4 Å². The number of rotatable bonds is 9. The Morgan fingerprint density at radius 2 is 1.79 bits per heavy atom. The maximum atomic E-state index is 6.66. The van der Waals surface area contributed by atoms with Crippen molar-refractivity contribution in [2.24, 2.45) is 0 Å². The van der Waals surface area contributed by atoms with E-state index in [4.69, 9.17) is 33.3 Å². The van der Waals surface area contributed by atoms with E-state index in [0.29, 0.717) is 29.1 Å². The van der Waals surface area contributed by atoms with Crippen molar-refractivity contribution in [2.75, 3.05) is 25.2 Å². The number of methoxy groups -OCH3 is 1. The van der Waals surface area contributed by atoms with Crippen LogP contribution in [0, 0.1) is 13.8 Å². The molecule has 0 bridgehead atoms. The SMILES string of the molecule is COCCOc1ccc(N2C(=S)N[C@@H](c3ccccn3)[C@H]2c2cc(C)n(Cc3ccccc3)c2C)cc1Cl. The second-order valence-corrected chi connectivity index (χ2v) is 10.1. The number of hydrogen-bond acceptors (Lipinski definition) is 4. The third-order valence-electron chi connectivity index (χ3n) is 6.95. The molecule has 1 aliphatic rings. The van der Waals surface area contributed by atoms with Gasteiger partial charge in [0.25, 0.3) is 0 Å². The fraction of sp³-hybridized carbons (Fsp3) is 0.267. The summed E-state index contributed by atoms with van der Waals surface area (Å²) in [6.45, 7) is 6.06. The minimum Gasteiger partial charge on any atom is -0.490 e. The summed E-state index contributed by atoms with van der Waals surface area (Å²) in [5.41, 5.74) is 6.66. The van der Waals surface area contributed by atoms with Gasteiger partial charge in [0.05, 0.1) is 29.4 Å². The van der Waals surface area contributed by atoms with Crippen LogP contribution >= 0.6 is 23.8 Å². The van der Waals surface area contributed by atoms with Gasteiger partial charge in [-0.15, -0.1) is 0 Å². The fourth-order valence-electron chi connectivity index (χ4n) is 5.08. The molecule has 1 fully saturated rings. The number of aryl methyl sites for hydroxylation is 1. The van der Waals surface area contributed by atoms with Crippen LogP contribution in [0.3, 0.4) is 0 Å². The summed E-state index contributed by atoms with van der Waals surface area (Å²) in [6, 6.07) is 24.3. The van der Waals surface area contributed by atoms with E-state index in [1.165, 1.54) is 22.5 Å². The average molecular weight is 547 g/mol. The standard InChI is InChI=1S/C30H31ClN4O2S/c1-20-17-24(21(2)34(20)19-22-9-5-4-6-10-22)29-28(26-11-7-8-14-32-26)33-30(38)35(29)23-12-13-27(25(31)18-23)37-16-15-36-3/h4-14,17-18,28-29H,15-16,19H2,1-3H3,(H,33,38)/t28-,29+/m0/s1. The van der Waals surface area contributed by atoms with Gasteiger partial charge in [0.15, 0.2) is 5.11 Å². The first kappa shape index (κ1) is 26.2. The van der Waals surface area contributed by atoms with Gasteiger partial charge in [0, 0.05) is 36.9 Å². The van der Waals surface area contributed by atoms with Crippen LogP contribution in [0.25, 0.3) is 0 Å². The molecule has 6 nitrogen and oxygen atoms in total. The maximum absolute atomic E-state index is 6.66. The average Bonchev–Trinajstić information content (AvgIpc) is 3.41. The number of thiocarbonyl (C=S) groups is 1. The largest absolute Gasteiger partial charge is 0.490 e. The Hall–Kier alpha value is -3.39. The van der Waals surface area contributed by atoms with Crippen molar-refractivity contribution < 1.29 is 9.47 Å². The van der Waals surface area contributed by atoms with Crippen LogP contribution in [0.5, 0.6) is 5.75 Å². The zero-order valence-corrected chi connectivity index (χ0v) is 23.3. The second kappa shape index (κ2) is 11.6. The Kier molecular flexibility index (Phi) is 7.98. The highest BCUT2D eigenvalue weighted by Gasteiger charge is 2.42. The molecule has 8 heteroatoms. The van der Waals surface area contributed by atoms with Gasteiger partial charge >= 0.3 is 0 Å². The number of nitrogens with one attached hydrogen (secondary N) is 1. The Labute approximate surface area is 234 Å². The normalized spacial score (nSPS) is 17.1. The topological polar surface area (TPSA) is 51.6 Å². The van der Waals surface area contributed by atoms with Gasteiger partial charge in [-0.25, -0.2) is 0 Å². The molecule has 1 aliphatic heterocycles. The Bertz CT molecular complexity index is 1410. The third kappa shape index (κ3) is 5.27. The van der Waals surface area contributed by atoms with Gasteiger partial charge in [0.2, 0.25) is 0 Å². The Balaban J connectivity index is 1.56. The number of benzene rings is 2. The lowest BCUT2D eigenvalue weighted by atomic mass is 9.96. The van der Waals surface area contributed by atoms with Crippen LogP contribution in [-0.4, -0.2) is 35.0 Å². The van der Waals surface area contributed by atoms with E-state index in [2.05, 4.69) is 63.9 Å². The van der Waals surface area contributed by atoms with Crippen LogP contribution in [0.2, 0.25) is 5.02 Å². The molecule has 1 N–H and O–H groups in total. The first-order valence-corrected chi connectivity index (χ1v) is 13.4. The molecule has 0 amide bonds. The van der Waals surface area contributed by atoms with E-state index in [9.17, 15) is 0 Å². The Morgan fingerprint density at radius 3 is 2.50 bits per heavy atom. The Morgan fingerprint density at radius 1 is 1.00 bits per heavy atom. The quantitative estimate of drug-likeness (QED) is 0.193. The molecule has 2 atom stereocenters. The number of ether oxygens (including phenoxy) is 2. The highest BCUT2D eigenvalue weighted by atomic mass is 35.5. The molecule has 5 rings (SSSR count). The molecular weight excluding hydrogens is 516 g/mol. The van der Waals surface area contributed by atoms with E-state index < -0.39 is 0 Å². The minimum atomic E-state index is -0.134. The highest BCUT2D eigenvalue weighted by molar-refractivity contribution is 7.80. The molecule has 1 saturated heterocycles. The van der Waals surface area contributed by atoms with Gasteiger partial charge in [-0.05, 0) is 73.6 Å². The van der Waals surface area contributed by atoms with Crippen LogP contribution in [-0.2, 0) is 11.3 Å². The molecule has 0 unspecified atom stereocenters. The first-order chi connectivity index (χ1) is 18.5. The molecule has 4 aromatic rings. The third-order valence-corrected chi connectivity index (χ3v) is 7.56. The van der Waals surface area contributed by atoms with Gasteiger partial charge in [-0.1, -0.05) is 48.0 Å². The van der Waals surface area contributed by atoms with E-state index in [1.807, 2.05) is 48.7 Å². The number of aromatic nitrogens is 2. The van der Waals surface area contributed by atoms with Crippen LogP contribution in [0.4, 0.5) is 5.69 Å². The molecule has 38 heavy (non-hydrogen) atoms. The number of anilines is 1. The van der Waals surface area contributed by atoms with E-state index in [-0.39, 0.29) is 12.1 Å². The lowest BCUT2D eigenvalue weighted by Crippen LogP contribution is -2.29. The lowest BCUT2D eigenvalue weighted by Gasteiger charge is -2.28. The maximum Gasteiger partial charge on any atom is 0.174 e. The van der Waals surface area contributed by atoms with Gasteiger partial charge in [-0.3, -0.25) is 4.98 Å². The van der Waals surface area contributed by atoms with Crippen molar-refractivity contribution in [3.63, 3.8) is 0 Å². The molecule has 0 saturated carbocycles. The van der Waals surface area contributed by atoms with E-state index in [1.54, 1.807) is 7.11 Å². The molecule has 0 aliphatic carbocycles. The summed E-state index contributed by atoms with van der Waals surface area (Å²) in [5, 5.41) is 4.70. The van der Waals surface area contributed by atoms with Crippen molar-refractivity contribution in [1.82, 2.24) is 14.9 Å². The fourth-order valence-corrected chi connectivity index (χ4v) is 5.65. The molecule has 0 spiro atoms. The van der Waals surface area contributed by atoms with Gasteiger partial charge < -0.3 is 24.3 Å². The lowest BCUT2D eigenvalue weighted by molar-refractivity contribution is 0.146. The highest BCUT2D eigenvalue weighted by Crippen LogP contribution is 2.44. The van der Waals surface area contributed by atoms with E-state index >= 15 is 0 Å². The van der Waals surface area contributed by atoms with Gasteiger partial charge in [-0.2, -0.15) is 0 Å². The molecule has 2 aromatic carbocycles. The zero-order valence-electron chi connectivity index (χ0n) is 21.7. The van der Waals surface area contributed by atoms with Crippen molar-refractivity contribution in [1.29, 1.82) is 0 Å².